The van der Waals surface area contributed by atoms with Crippen LogP contribution in [0.15, 0.2) is 30.3 Å². The van der Waals surface area contributed by atoms with Crippen LogP contribution in [0.4, 0.5) is 0 Å². The molecule has 0 bridgehead atoms. The van der Waals surface area contributed by atoms with Gasteiger partial charge in [0.2, 0.25) is 0 Å². The van der Waals surface area contributed by atoms with Crippen molar-refractivity contribution in [2.45, 2.75) is 26.9 Å². The van der Waals surface area contributed by atoms with Crippen LogP contribution >= 0.6 is 0 Å². The Bertz CT molecular complexity index is 369. The molecular formula is C13H16O2. The largest absolute Gasteiger partial charge is 0.456 e. The fraction of sp³-hybridized carbons (Fsp3) is 0.462. The van der Waals surface area contributed by atoms with E-state index < -0.39 is 0 Å². The minimum atomic E-state index is -0.360. The second-order valence-electron chi connectivity index (χ2n) is 4.63. The molecule has 80 valence electrons. The molecule has 2 nitrogen and oxygen atoms in total. The number of cyclic esters (lactones) is 1. The van der Waals surface area contributed by atoms with Crippen molar-refractivity contribution in [3.63, 3.8) is 0 Å². The van der Waals surface area contributed by atoms with Gasteiger partial charge < -0.3 is 4.74 Å². The number of ether oxygens (including phenoxy) is 1. The van der Waals surface area contributed by atoms with Crippen molar-refractivity contribution < 1.29 is 9.53 Å². The van der Waals surface area contributed by atoms with Gasteiger partial charge in [0.05, 0.1) is 0 Å². The molecule has 1 saturated heterocycles. The molecule has 2 heteroatoms. The zero-order valence-electron chi connectivity index (χ0n) is 9.36. The SMILES string of the molecule is CC(C)[C@@]1(C)C(=O)O[C@@H]1c1ccccc1. The van der Waals surface area contributed by atoms with Gasteiger partial charge in [-0.3, -0.25) is 4.79 Å². The van der Waals surface area contributed by atoms with Gasteiger partial charge in [-0.25, -0.2) is 0 Å². The van der Waals surface area contributed by atoms with Crippen LogP contribution in [0.3, 0.4) is 0 Å². The topological polar surface area (TPSA) is 26.3 Å². The van der Waals surface area contributed by atoms with E-state index in [0.29, 0.717) is 5.92 Å². The van der Waals surface area contributed by atoms with E-state index in [1.54, 1.807) is 0 Å². The molecule has 1 fully saturated rings. The fourth-order valence-corrected chi connectivity index (χ4v) is 1.99. The quantitative estimate of drug-likeness (QED) is 0.692. The Morgan fingerprint density at radius 2 is 1.87 bits per heavy atom. The van der Waals surface area contributed by atoms with E-state index in [0.717, 1.165) is 5.56 Å². The highest BCUT2D eigenvalue weighted by molar-refractivity contribution is 5.83. The van der Waals surface area contributed by atoms with Crippen LogP contribution in [0.1, 0.15) is 32.4 Å². The van der Waals surface area contributed by atoms with Gasteiger partial charge in [-0.15, -0.1) is 0 Å². The number of rotatable bonds is 2. The van der Waals surface area contributed by atoms with Crippen molar-refractivity contribution in [1.29, 1.82) is 0 Å². The molecule has 1 heterocycles. The molecular weight excluding hydrogens is 188 g/mol. The molecule has 0 aliphatic carbocycles. The second-order valence-corrected chi connectivity index (χ2v) is 4.63. The Morgan fingerprint density at radius 1 is 1.27 bits per heavy atom. The van der Waals surface area contributed by atoms with Gasteiger partial charge in [-0.1, -0.05) is 44.2 Å². The lowest BCUT2D eigenvalue weighted by Crippen LogP contribution is -2.51. The van der Waals surface area contributed by atoms with E-state index in [2.05, 4.69) is 13.8 Å². The van der Waals surface area contributed by atoms with Gasteiger partial charge in [0.15, 0.2) is 0 Å². The Labute approximate surface area is 90.3 Å². The molecule has 0 radical (unpaired) electrons. The molecule has 0 spiro atoms. The second kappa shape index (κ2) is 3.37. The van der Waals surface area contributed by atoms with Gasteiger partial charge >= 0.3 is 5.97 Å². The standard InChI is InChI=1S/C13H16O2/c1-9(2)13(3)11(15-12(13)14)10-7-5-4-6-8-10/h4-9,11H,1-3H3/t11-,13-/m1/s1. The third-order valence-electron chi connectivity index (χ3n) is 3.51. The lowest BCUT2D eigenvalue weighted by Gasteiger charge is -2.47. The van der Waals surface area contributed by atoms with Crippen LogP contribution < -0.4 is 0 Å². The molecule has 0 aromatic heterocycles. The first-order chi connectivity index (χ1) is 7.06. The number of carbonyl (C=O) groups is 1. The number of hydrogen-bond acceptors (Lipinski definition) is 2. The Hall–Kier alpha value is -1.31. The number of benzene rings is 1. The van der Waals surface area contributed by atoms with E-state index in [9.17, 15) is 4.79 Å². The summed E-state index contributed by atoms with van der Waals surface area (Å²) in [5.74, 6) is 0.218. The van der Waals surface area contributed by atoms with Crippen LogP contribution in [-0.2, 0) is 9.53 Å². The molecule has 1 aliphatic heterocycles. The highest BCUT2D eigenvalue weighted by atomic mass is 16.6. The molecule has 1 aromatic carbocycles. The van der Waals surface area contributed by atoms with Crippen molar-refractivity contribution in [3.05, 3.63) is 35.9 Å². The van der Waals surface area contributed by atoms with Gasteiger partial charge in [0.25, 0.3) is 0 Å². The maximum Gasteiger partial charge on any atom is 0.316 e. The van der Waals surface area contributed by atoms with Crippen LogP contribution in [-0.4, -0.2) is 5.97 Å². The van der Waals surface area contributed by atoms with Crippen molar-refractivity contribution in [3.8, 4) is 0 Å². The van der Waals surface area contributed by atoms with E-state index in [1.165, 1.54) is 0 Å². The van der Waals surface area contributed by atoms with E-state index in [4.69, 9.17) is 4.74 Å². The van der Waals surface area contributed by atoms with Gasteiger partial charge in [0, 0.05) is 0 Å². The molecule has 0 N–H and O–H groups in total. The summed E-state index contributed by atoms with van der Waals surface area (Å²) in [5.41, 5.74) is 0.731. The highest BCUT2D eigenvalue weighted by Gasteiger charge is 2.56. The fourth-order valence-electron chi connectivity index (χ4n) is 1.99. The summed E-state index contributed by atoms with van der Waals surface area (Å²) in [6, 6.07) is 9.94. The smallest absolute Gasteiger partial charge is 0.316 e. The van der Waals surface area contributed by atoms with Crippen LogP contribution in [0, 0.1) is 11.3 Å². The molecule has 1 aliphatic rings. The highest BCUT2D eigenvalue weighted by Crippen LogP contribution is 2.51. The average Bonchev–Trinajstić information content (AvgIpc) is 2.25. The summed E-state index contributed by atoms with van der Waals surface area (Å²) in [5, 5.41) is 0. The molecule has 2 rings (SSSR count). The molecule has 0 amide bonds. The Kier molecular flexibility index (Phi) is 2.29. The zero-order chi connectivity index (χ0) is 11.1. The van der Waals surface area contributed by atoms with Crippen molar-refractivity contribution in [2.75, 3.05) is 0 Å². The number of esters is 1. The van der Waals surface area contributed by atoms with Gasteiger partial charge in [0.1, 0.15) is 11.5 Å². The summed E-state index contributed by atoms with van der Waals surface area (Å²) >= 11 is 0. The predicted octanol–water partition coefficient (Wildman–Crippen LogP) is 2.95. The van der Waals surface area contributed by atoms with E-state index in [1.807, 2.05) is 37.3 Å². The maximum atomic E-state index is 11.6. The van der Waals surface area contributed by atoms with Crippen LogP contribution in [0.5, 0.6) is 0 Å². The normalized spacial score (nSPS) is 29.9. The Morgan fingerprint density at radius 3 is 2.33 bits per heavy atom. The summed E-state index contributed by atoms with van der Waals surface area (Å²) in [6.07, 6.45) is -0.0776. The van der Waals surface area contributed by atoms with Gasteiger partial charge in [-0.2, -0.15) is 0 Å². The molecule has 2 atom stereocenters. The summed E-state index contributed by atoms with van der Waals surface area (Å²) in [6.45, 7) is 6.12. The monoisotopic (exact) mass is 204 g/mol. The maximum absolute atomic E-state index is 11.6. The molecule has 0 saturated carbocycles. The first-order valence-corrected chi connectivity index (χ1v) is 5.33. The minimum absolute atomic E-state index is 0.0775. The summed E-state index contributed by atoms with van der Waals surface area (Å²) < 4.78 is 5.26. The van der Waals surface area contributed by atoms with Crippen molar-refractivity contribution in [1.82, 2.24) is 0 Å². The van der Waals surface area contributed by atoms with Gasteiger partial charge in [-0.05, 0) is 18.4 Å². The Balaban J connectivity index is 2.30. The summed E-state index contributed by atoms with van der Waals surface area (Å²) in [7, 11) is 0. The number of hydrogen-bond donors (Lipinski definition) is 0. The number of carbonyl (C=O) groups excluding carboxylic acids is 1. The van der Waals surface area contributed by atoms with Crippen LogP contribution in [0.25, 0.3) is 0 Å². The third kappa shape index (κ3) is 1.36. The lowest BCUT2D eigenvalue weighted by atomic mass is 9.68. The van der Waals surface area contributed by atoms with Crippen LogP contribution in [0.2, 0.25) is 0 Å². The molecule has 0 unspecified atom stereocenters. The zero-order valence-corrected chi connectivity index (χ0v) is 9.36. The van der Waals surface area contributed by atoms with E-state index >= 15 is 0 Å². The first-order valence-electron chi connectivity index (χ1n) is 5.33. The molecule has 15 heavy (non-hydrogen) atoms. The van der Waals surface area contributed by atoms with E-state index in [-0.39, 0.29) is 17.5 Å². The summed E-state index contributed by atoms with van der Waals surface area (Å²) in [4.78, 5) is 11.6. The first kappa shape index (κ1) is 10.2. The predicted molar refractivity (Wildman–Crippen MR) is 58.2 cm³/mol. The van der Waals surface area contributed by atoms with Crippen molar-refractivity contribution in [2.24, 2.45) is 11.3 Å². The average molecular weight is 204 g/mol. The lowest BCUT2D eigenvalue weighted by molar-refractivity contribution is -0.213. The third-order valence-corrected chi connectivity index (χ3v) is 3.51. The minimum Gasteiger partial charge on any atom is -0.456 e. The van der Waals surface area contributed by atoms with Crippen molar-refractivity contribution >= 4 is 5.97 Å². The molecule has 1 aromatic rings.